The van der Waals surface area contributed by atoms with Gasteiger partial charge in [0.25, 0.3) is 5.91 Å². The first-order valence-electron chi connectivity index (χ1n) is 10.2. The Morgan fingerprint density at radius 3 is 2.50 bits per heavy atom. The Kier molecular flexibility index (Phi) is 4.75. The summed E-state index contributed by atoms with van der Waals surface area (Å²) in [6.07, 6.45) is 0. The number of amides is 1. The van der Waals surface area contributed by atoms with Crippen LogP contribution in [0.15, 0.2) is 89.1 Å². The van der Waals surface area contributed by atoms with E-state index >= 15 is 0 Å². The maximum absolute atomic E-state index is 13.2. The van der Waals surface area contributed by atoms with E-state index in [-0.39, 0.29) is 11.6 Å². The molecule has 2 heterocycles. The molecule has 3 aromatic carbocycles. The number of hydrogen-bond donors (Lipinski definition) is 1. The van der Waals surface area contributed by atoms with E-state index < -0.39 is 5.91 Å². The SMILES string of the molecule is Cc1ccc2nc(-c3ccccc3)cc(C(=O)N=Nc3c(O)n(C)c4ccccc34)c2c1. The van der Waals surface area contributed by atoms with Crippen molar-refractivity contribution in [1.29, 1.82) is 0 Å². The molecule has 0 fully saturated rings. The van der Waals surface area contributed by atoms with Crippen LogP contribution < -0.4 is 0 Å². The van der Waals surface area contributed by atoms with Crippen molar-refractivity contribution in [3.8, 4) is 17.1 Å². The zero-order valence-electron chi connectivity index (χ0n) is 17.6. The number of fused-ring (bicyclic) bond motifs is 2. The van der Waals surface area contributed by atoms with Gasteiger partial charge in [-0.25, -0.2) is 4.98 Å². The Bertz CT molecular complexity index is 1520. The average Bonchev–Trinajstić information content (AvgIpc) is 3.07. The van der Waals surface area contributed by atoms with Crippen LogP contribution in [0.3, 0.4) is 0 Å². The Balaban J connectivity index is 1.64. The number of nitrogens with zero attached hydrogens (tertiary/aromatic N) is 4. The molecule has 2 aromatic heterocycles. The highest BCUT2D eigenvalue weighted by Crippen LogP contribution is 2.38. The van der Waals surface area contributed by atoms with Gasteiger partial charge >= 0.3 is 0 Å². The van der Waals surface area contributed by atoms with Crippen molar-refractivity contribution in [2.45, 2.75) is 6.92 Å². The number of benzene rings is 3. The van der Waals surface area contributed by atoms with Gasteiger partial charge in [-0.1, -0.05) is 60.2 Å². The van der Waals surface area contributed by atoms with Crippen molar-refractivity contribution in [2.75, 3.05) is 0 Å². The zero-order valence-corrected chi connectivity index (χ0v) is 17.6. The van der Waals surface area contributed by atoms with Crippen molar-refractivity contribution in [2.24, 2.45) is 17.3 Å². The first kappa shape index (κ1) is 19.6. The zero-order chi connectivity index (χ0) is 22.2. The highest BCUT2D eigenvalue weighted by molar-refractivity contribution is 6.08. The lowest BCUT2D eigenvalue weighted by atomic mass is 10.0. The fraction of sp³-hybridized carbons (Fsp3) is 0.0769. The van der Waals surface area contributed by atoms with Gasteiger partial charge in [0, 0.05) is 23.4 Å². The van der Waals surface area contributed by atoms with E-state index in [1.807, 2.05) is 79.7 Å². The van der Waals surface area contributed by atoms with Crippen molar-refractivity contribution in [3.63, 3.8) is 0 Å². The summed E-state index contributed by atoms with van der Waals surface area (Å²) in [6, 6.07) is 24.7. The monoisotopic (exact) mass is 420 g/mol. The molecule has 0 radical (unpaired) electrons. The van der Waals surface area contributed by atoms with Crippen LogP contribution in [0.5, 0.6) is 5.88 Å². The summed E-state index contributed by atoms with van der Waals surface area (Å²) in [5, 5.41) is 20.1. The summed E-state index contributed by atoms with van der Waals surface area (Å²) in [7, 11) is 1.74. The van der Waals surface area contributed by atoms with Crippen LogP contribution in [0.4, 0.5) is 5.69 Å². The Morgan fingerprint density at radius 1 is 0.938 bits per heavy atom. The summed E-state index contributed by atoms with van der Waals surface area (Å²) in [5.41, 5.74) is 4.83. The number of rotatable bonds is 3. The molecule has 156 valence electrons. The van der Waals surface area contributed by atoms with Gasteiger partial charge in [0.2, 0.25) is 5.88 Å². The highest BCUT2D eigenvalue weighted by Gasteiger charge is 2.17. The summed E-state index contributed by atoms with van der Waals surface area (Å²) < 4.78 is 1.62. The predicted octanol–water partition coefficient (Wildman–Crippen LogP) is 6.33. The number of carbonyl (C=O) groups is 1. The van der Waals surface area contributed by atoms with E-state index in [0.717, 1.165) is 27.4 Å². The number of aromatic nitrogens is 2. The Hall–Kier alpha value is -4.32. The van der Waals surface area contributed by atoms with E-state index in [4.69, 9.17) is 4.98 Å². The van der Waals surface area contributed by atoms with Crippen LogP contribution in [0.2, 0.25) is 0 Å². The predicted molar refractivity (Wildman–Crippen MR) is 125 cm³/mol. The number of carbonyl (C=O) groups excluding carboxylic acids is 1. The van der Waals surface area contributed by atoms with Crippen LogP contribution in [-0.2, 0) is 7.05 Å². The van der Waals surface area contributed by atoms with Crippen LogP contribution >= 0.6 is 0 Å². The summed E-state index contributed by atoms with van der Waals surface area (Å²) in [4.78, 5) is 17.9. The molecule has 0 aliphatic carbocycles. The quantitative estimate of drug-likeness (QED) is 0.346. The molecule has 5 aromatic rings. The van der Waals surface area contributed by atoms with Crippen LogP contribution in [0, 0.1) is 6.92 Å². The maximum atomic E-state index is 13.2. The van der Waals surface area contributed by atoms with E-state index in [9.17, 15) is 9.90 Å². The molecule has 0 spiro atoms. The summed E-state index contributed by atoms with van der Waals surface area (Å²) >= 11 is 0. The van der Waals surface area contributed by atoms with E-state index in [2.05, 4.69) is 10.2 Å². The third-order valence-corrected chi connectivity index (χ3v) is 5.56. The lowest BCUT2D eigenvalue weighted by Crippen LogP contribution is -1.99. The molecular weight excluding hydrogens is 400 g/mol. The first-order valence-corrected chi connectivity index (χ1v) is 10.2. The van der Waals surface area contributed by atoms with Crippen molar-refractivity contribution in [3.05, 3.63) is 90.0 Å². The van der Waals surface area contributed by atoms with Gasteiger partial charge in [0.15, 0.2) is 5.69 Å². The highest BCUT2D eigenvalue weighted by atomic mass is 16.3. The molecule has 0 aliphatic rings. The summed E-state index contributed by atoms with van der Waals surface area (Å²) in [5.74, 6) is -0.532. The molecule has 5 rings (SSSR count). The molecule has 32 heavy (non-hydrogen) atoms. The topological polar surface area (TPSA) is 79.8 Å². The van der Waals surface area contributed by atoms with Gasteiger partial charge in [0.1, 0.15) is 0 Å². The smallest absolute Gasteiger partial charge is 0.296 e. The third kappa shape index (κ3) is 3.32. The lowest BCUT2D eigenvalue weighted by molar-refractivity contribution is 0.0996. The maximum Gasteiger partial charge on any atom is 0.296 e. The minimum atomic E-state index is -0.493. The number of para-hydroxylation sites is 1. The number of pyridine rings is 1. The van der Waals surface area contributed by atoms with Gasteiger partial charge in [-0.15, -0.1) is 10.2 Å². The van der Waals surface area contributed by atoms with Crippen LogP contribution in [0.1, 0.15) is 15.9 Å². The second-order valence-electron chi connectivity index (χ2n) is 7.70. The second-order valence-corrected chi connectivity index (χ2v) is 7.70. The fourth-order valence-corrected chi connectivity index (χ4v) is 3.88. The van der Waals surface area contributed by atoms with Crippen molar-refractivity contribution < 1.29 is 9.90 Å². The van der Waals surface area contributed by atoms with E-state index in [1.54, 1.807) is 17.7 Å². The second kappa shape index (κ2) is 7.74. The number of aromatic hydroxyl groups is 1. The third-order valence-electron chi connectivity index (χ3n) is 5.56. The normalized spacial score (nSPS) is 11.6. The molecule has 6 nitrogen and oxygen atoms in total. The van der Waals surface area contributed by atoms with E-state index in [1.165, 1.54) is 0 Å². The molecule has 0 aliphatic heterocycles. The van der Waals surface area contributed by atoms with Gasteiger partial charge in [-0.3, -0.25) is 4.79 Å². The molecule has 1 N–H and O–H groups in total. The largest absolute Gasteiger partial charge is 0.493 e. The number of hydrogen-bond acceptors (Lipinski definition) is 4. The van der Waals surface area contributed by atoms with Crippen molar-refractivity contribution in [1.82, 2.24) is 9.55 Å². The molecule has 0 bridgehead atoms. The number of azo groups is 1. The molecular formula is C26H20N4O2. The van der Waals surface area contributed by atoms with E-state index in [0.29, 0.717) is 16.8 Å². The number of aryl methyl sites for hydroxylation is 2. The standard InChI is InChI=1S/C26H20N4O2/c1-16-12-13-21-19(14-16)20(15-22(27-21)17-8-4-3-5-9-17)25(31)29-28-24-18-10-6-7-11-23(18)30(2)26(24)32/h3-15,32H,1-2H3. The lowest BCUT2D eigenvalue weighted by Gasteiger charge is -2.08. The minimum Gasteiger partial charge on any atom is -0.493 e. The average molecular weight is 420 g/mol. The van der Waals surface area contributed by atoms with Gasteiger partial charge in [-0.05, 0) is 31.2 Å². The van der Waals surface area contributed by atoms with Crippen molar-refractivity contribution >= 4 is 33.4 Å². The Morgan fingerprint density at radius 2 is 1.69 bits per heavy atom. The summed E-state index contributed by atoms with van der Waals surface area (Å²) in [6.45, 7) is 1.97. The Labute approximate surface area is 184 Å². The molecule has 0 atom stereocenters. The van der Waals surface area contributed by atoms with Gasteiger partial charge < -0.3 is 9.67 Å². The minimum absolute atomic E-state index is 0.0387. The molecule has 1 amide bonds. The van der Waals surface area contributed by atoms with Crippen LogP contribution in [0.25, 0.3) is 33.1 Å². The molecule has 0 saturated heterocycles. The molecule has 6 heteroatoms. The molecule has 0 saturated carbocycles. The fourth-order valence-electron chi connectivity index (χ4n) is 3.88. The van der Waals surface area contributed by atoms with Gasteiger partial charge in [0.05, 0.1) is 22.3 Å². The molecule has 0 unspecified atom stereocenters. The van der Waals surface area contributed by atoms with Gasteiger partial charge in [-0.2, -0.15) is 0 Å². The van der Waals surface area contributed by atoms with Crippen LogP contribution in [-0.4, -0.2) is 20.6 Å². The first-order chi connectivity index (χ1) is 15.5.